The Balaban J connectivity index is 2.41. The minimum absolute atomic E-state index is 0.129. The van der Waals surface area contributed by atoms with Crippen molar-refractivity contribution in [3.8, 4) is 0 Å². The van der Waals surface area contributed by atoms with Crippen LogP contribution >= 0.6 is 0 Å². The van der Waals surface area contributed by atoms with Gasteiger partial charge >= 0.3 is 0 Å². The van der Waals surface area contributed by atoms with Gasteiger partial charge in [-0.15, -0.1) is 0 Å². The van der Waals surface area contributed by atoms with Gasteiger partial charge in [0.05, 0.1) is 17.8 Å². The van der Waals surface area contributed by atoms with Gasteiger partial charge in [-0.3, -0.25) is 0 Å². The van der Waals surface area contributed by atoms with Crippen LogP contribution in [0.15, 0.2) is 30.3 Å². The summed E-state index contributed by atoms with van der Waals surface area (Å²) in [6, 6.07) is 10.3. The second kappa shape index (κ2) is 4.72. The van der Waals surface area contributed by atoms with Crippen molar-refractivity contribution in [3.05, 3.63) is 35.9 Å². The number of likely N-dealkylation sites (N-methyl/N-ethyl adjacent to an activating group) is 1. The molecule has 4 nitrogen and oxygen atoms in total. The first-order chi connectivity index (χ1) is 9.63. The molecule has 4 heteroatoms. The summed E-state index contributed by atoms with van der Waals surface area (Å²) in [6.45, 7) is 2.73. The van der Waals surface area contributed by atoms with E-state index in [1.807, 2.05) is 26.1 Å². The second-order valence-electron chi connectivity index (χ2n) is 5.19. The number of aryl methyl sites for hydroxylation is 1. The number of aromatic amines is 1. The molecule has 0 aliphatic heterocycles. The Labute approximate surface area is 117 Å². The van der Waals surface area contributed by atoms with Crippen molar-refractivity contribution in [2.24, 2.45) is 0 Å². The van der Waals surface area contributed by atoms with Crippen molar-refractivity contribution in [2.75, 3.05) is 30.8 Å². The zero-order chi connectivity index (χ0) is 14.3. The fraction of sp³-hybridized carbons (Fsp3) is 0.250. The maximum absolute atomic E-state index is 9.18. The summed E-state index contributed by atoms with van der Waals surface area (Å²) in [5.41, 5.74) is 11.2. The normalized spacial score (nSPS) is 11.3. The van der Waals surface area contributed by atoms with Gasteiger partial charge in [-0.25, -0.2) is 0 Å². The topological polar surface area (TPSA) is 65.3 Å². The van der Waals surface area contributed by atoms with Crippen molar-refractivity contribution in [2.45, 2.75) is 6.92 Å². The third-order valence-corrected chi connectivity index (χ3v) is 3.86. The van der Waals surface area contributed by atoms with Crippen LogP contribution in [0.3, 0.4) is 0 Å². The van der Waals surface area contributed by atoms with Crippen LogP contribution in [0, 0.1) is 6.92 Å². The first-order valence-corrected chi connectivity index (χ1v) is 6.75. The number of hydrogen-bond donors (Lipinski definition) is 3. The van der Waals surface area contributed by atoms with Gasteiger partial charge < -0.3 is 20.7 Å². The van der Waals surface area contributed by atoms with Crippen molar-refractivity contribution >= 4 is 33.2 Å². The van der Waals surface area contributed by atoms with Crippen molar-refractivity contribution in [1.82, 2.24) is 4.98 Å². The summed E-state index contributed by atoms with van der Waals surface area (Å²) in [7, 11) is 1.99. The summed E-state index contributed by atoms with van der Waals surface area (Å²) in [5, 5.41) is 11.5. The summed E-state index contributed by atoms with van der Waals surface area (Å²) < 4.78 is 0. The minimum atomic E-state index is 0.129. The van der Waals surface area contributed by atoms with E-state index in [9.17, 15) is 5.11 Å². The molecule has 0 fully saturated rings. The number of H-pyrrole nitrogens is 1. The number of para-hydroxylation sites is 1. The van der Waals surface area contributed by atoms with Crippen molar-refractivity contribution in [1.29, 1.82) is 0 Å². The molecule has 0 bridgehead atoms. The summed E-state index contributed by atoms with van der Waals surface area (Å²) >= 11 is 0. The van der Waals surface area contributed by atoms with Gasteiger partial charge in [-0.1, -0.05) is 18.2 Å². The van der Waals surface area contributed by atoms with Gasteiger partial charge in [-0.2, -0.15) is 0 Å². The Morgan fingerprint density at radius 1 is 1.30 bits per heavy atom. The molecule has 1 heterocycles. The van der Waals surface area contributed by atoms with Gasteiger partial charge in [0.1, 0.15) is 0 Å². The van der Waals surface area contributed by atoms with E-state index >= 15 is 0 Å². The number of aromatic nitrogens is 1. The molecular weight excluding hydrogens is 250 g/mol. The van der Waals surface area contributed by atoms with E-state index in [4.69, 9.17) is 5.73 Å². The molecule has 0 unspecified atom stereocenters. The number of anilines is 2. The average Bonchev–Trinajstić information content (AvgIpc) is 2.83. The van der Waals surface area contributed by atoms with Crippen LogP contribution < -0.4 is 10.6 Å². The number of nitrogen functional groups attached to an aromatic ring is 1. The number of nitrogens with two attached hydrogens (primary N) is 1. The molecule has 0 saturated heterocycles. The van der Waals surface area contributed by atoms with Crippen molar-refractivity contribution in [3.63, 3.8) is 0 Å². The van der Waals surface area contributed by atoms with E-state index in [1.54, 1.807) is 0 Å². The molecule has 1 aromatic heterocycles. The summed E-state index contributed by atoms with van der Waals surface area (Å²) in [4.78, 5) is 5.47. The maximum Gasteiger partial charge on any atom is 0.0722 e. The predicted octanol–water partition coefficient (Wildman–Crippen LogP) is 2.64. The lowest BCUT2D eigenvalue weighted by molar-refractivity contribution is 0.304. The van der Waals surface area contributed by atoms with Crippen LogP contribution in [0.2, 0.25) is 0 Å². The standard InChI is InChI=1S/C16H19N3O/c1-10-9-13(19(2)7-8-20)14-11-5-3-4-6-12(11)18-16(14)15(10)17/h3-6,9,18,20H,7-8,17H2,1-2H3. The van der Waals surface area contributed by atoms with Crippen LogP contribution in [0.5, 0.6) is 0 Å². The molecule has 0 radical (unpaired) electrons. The number of benzene rings is 2. The van der Waals surface area contributed by atoms with Gasteiger partial charge in [-0.05, 0) is 24.6 Å². The fourth-order valence-corrected chi connectivity index (χ4v) is 2.73. The number of aliphatic hydroxyl groups excluding tert-OH is 1. The first-order valence-electron chi connectivity index (χ1n) is 6.75. The van der Waals surface area contributed by atoms with E-state index in [1.165, 1.54) is 0 Å². The predicted molar refractivity (Wildman–Crippen MR) is 85.3 cm³/mol. The Hall–Kier alpha value is -2.20. The van der Waals surface area contributed by atoms with E-state index < -0.39 is 0 Å². The van der Waals surface area contributed by atoms with Crippen LogP contribution in [0.1, 0.15) is 5.56 Å². The first kappa shape index (κ1) is 12.8. The zero-order valence-electron chi connectivity index (χ0n) is 11.8. The van der Waals surface area contributed by atoms with Gasteiger partial charge in [0.15, 0.2) is 0 Å². The van der Waals surface area contributed by atoms with Crippen LogP contribution in [0.4, 0.5) is 11.4 Å². The highest BCUT2D eigenvalue weighted by atomic mass is 16.3. The van der Waals surface area contributed by atoms with E-state index in [0.717, 1.165) is 38.7 Å². The highest BCUT2D eigenvalue weighted by molar-refractivity contribution is 6.17. The third kappa shape index (κ3) is 1.80. The largest absolute Gasteiger partial charge is 0.397 e. The molecule has 4 N–H and O–H groups in total. The lowest BCUT2D eigenvalue weighted by Gasteiger charge is -2.21. The molecular formula is C16H19N3O. The lowest BCUT2D eigenvalue weighted by Crippen LogP contribution is -2.21. The molecule has 3 aromatic rings. The lowest BCUT2D eigenvalue weighted by atomic mass is 10.1. The van der Waals surface area contributed by atoms with Crippen LogP contribution in [-0.2, 0) is 0 Å². The second-order valence-corrected chi connectivity index (χ2v) is 5.19. The highest BCUT2D eigenvalue weighted by Crippen LogP contribution is 2.38. The third-order valence-electron chi connectivity index (χ3n) is 3.86. The Kier molecular flexibility index (Phi) is 3.03. The van der Waals surface area contributed by atoms with Crippen LogP contribution in [-0.4, -0.2) is 30.3 Å². The van der Waals surface area contributed by atoms with Gasteiger partial charge in [0.25, 0.3) is 0 Å². The minimum Gasteiger partial charge on any atom is -0.397 e. The molecule has 0 aliphatic carbocycles. The number of rotatable bonds is 3. The smallest absolute Gasteiger partial charge is 0.0722 e. The quantitative estimate of drug-likeness (QED) is 0.640. The summed E-state index contributed by atoms with van der Waals surface area (Å²) in [5.74, 6) is 0. The Morgan fingerprint density at radius 3 is 2.80 bits per heavy atom. The Bertz CT molecular complexity index is 776. The fourth-order valence-electron chi connectivity index (χ4n) is 2.73. The molecule has 0 spiro atoms. The number of nitrogens with one attached hydrogen (secondary N) is 1. The van der Waals surface area contributed by atoms with Crippen LogP contribution in [0.25, 0.3) is 21.8 Å². The Morgan fingerprint density at radius 2 is 2.05 bits per heavy atom. The van der Waals surface area contributed by atoms with E-state index in [0.29, 0.717) is 6.54 Å². The zero-order valence-corrected chi connectivity index (χ0v) is 11.8. The molecule has 0 amide bonds. The number of fused-ring (bicyclic) bond motifs is 3. The van der Waals surface area contributed by atoms with Gasteiger partial charge in [0.2, 0.25) is 0 Å². The maximum atomic E-state index is 9.18. The highest BCUT2D eigenvalue weighted by Gasteiger charge is 2.15. The molecule has 20 heavy (non-hydrogen) atoms. The van der Waals surface area contributed by atoms with E-state index in [2.05, 4.69) is 28.1 Å². The number of aliphatic hydroxyl groups is 1. The number of hydrogen-bond acceptors (Lipinski definition) is 3. The average molecular weight is 269 g/mol. The SMILES string of the molecule is Cc1cc(N(C)CCO)c2c([nH]c3ccccc32)c1N. The summed E-state index contributed by atoms with van der Waals surface area (Å²) in [6.07, 6.45) is 0. The molecule has 0 aliphatic rings. The molecule has 3 rings (SSSR count). The van der Waals surface area contributed by atoms with E-state index in [-0.39, 0.29) is 6.61 Å². The van der Waals surface area contributed by atoms with Gasteiger partial charge in [0, 0.05) is 35.6 Å². The molecule has 104 valence electrons. The molecule has 0 saturated carbocycles. The number of nitrogens with zero attached hydrogens (tertiary/aromatic N) is 1. The molecule has 0 atom stereocenters. The molecule has 2 aromatic carbocycles. The van der Waals surface area contributed by atoms with Crippen molar-refractivity contribution < 1.29 is 5.11 Å². The monoisotopic (exact) mass is 269 g/mol.